The van der Waals surface area contributed by atoms with E-state index in [2.05, 4.69) is 29.7 Å². The number of aliphatic hydroxyl groups is 1. The molecule has 1 aliphatic heterocycles. The van der Waals surface area contributed by atoms with Gasteiger partial charge in [-0.1, -0.05) is 24.3 Å². The molecular formula is C15H22N2O2. The fraction of sp³-hybridized carbons (Fsp3) is 0.533. The summed E-state index contributed by atoms with van der Waals surface area (Å²) < 4.78 is 0. The Bertz CT molecular complexity index is 448. The third-order valence-electron chi connectivity index (χ3n) is 3.60. The Morgan fingerprint density at radius 3 is 2.89 bits per heavy atom. The summed E-state index contributed by atoms with van der Waals surface area (Å²) in [7, 11) is 0. The minimum absolute atomic E-state index is 0.0161. The molecule has 1 aromatic rings. The first-order valence-electron chi connectivity index (χ1n) is 6.82. The van der Waals surface area contributed by atoms with Crippen LogP contribution < -0.4 is 10.6 Å². The zero-order valence-corrected chi connectivity index (χ0v) is 11.5. The predicted molar refractivity (Wildman–Crippen MR) is 74.9 cm³/mol. The van der Waals surface area contributed by atoms with E-state index in [4.69, 9.17) is 0 Å². The molecule has 1 fully saturated rings. The summed E-state index contributed by atoms with van der Waals surface area (Å²) in [5.74, 6) is -0.0161. The summed E-state index contributed by atoms with van der Waals surface area (Å²) >= 11 is 0. The van der Waals surface area contributed by atoms with E-state index in [1.807, 2.05) is 19.1 Å². The van der Waals surface area contributed by atoms with Crippen molar-refractivity contribution in [1.82, 2.24) is 10.6 Å². The van der Waals surface area contributed by atoms with Crippen LogP contribution in [-0.4, -0.2) is 35.7 Å². The zero-order valence-electron chi connectivity index (χ0n) is 11.5. The van der Waals surface area contributed by atoms with Crippen LogP contribution in [0.2, 0.25) is 0 Å². The molecule has 104 valence electrons. The molecule has 0 bridgehead atoms. The van der Waals surface area contributed by atoms with Crippen molar-refractivity contribution < 1.29 is 9.90 Å². The third-order valence-corrected chi connectivity index (χ3v) is 3.60. The van der Waals surface area contributed by atoms with Gasteiger partial charge in [-0.2, -0.15) is 0 Å². The minimum atomic E-state index is -0.401. The van der Waals surface area contributed by atoms with Gasteiger partial charge in [-0.3, -0.25) is 4.79 Å². The Balaban J connectivity index is 1.86. The van der Waals surface area contributed by atoms with Crippen molar-refractivity contribution in [3.63, 3.8) is 0 Å². The molecule has 0 aromatic heterocycles. The summed E-state index contributed by atoms with van der Waals surface area (Å²) in [6.07, 6.45) is 0.929. The van der Waals surface area contributed by atoms with Gasteiger partial charge in [0.2, 0.25) is 5.91 Å². The molecule has 1 heterocycles. The van der Waals surface area contributed by atoms with E-state index in [1.54, 1.807) is 0 Å². The minimum Gasteiger partial charge on any atom is -0.392 e. The van der Waals surface area contributed by atoms with Gasteiger partial charge in [0.25, 0.3) is 0 Å². The lowest BCUT2D eigenvalue weighted by atomic mass is 10.0. The van der Waals surface area contributed by atoms with Crippen LogP contribution >= 0.6 is 0 Å². The van der Waals surface area contributed by atoms with E-state index < -0.39 is 6.10 Å². The molecule has 1 aromatic carbocycles. The Kier molecular flexibility index (Phi) is 4.56. The van der Waals surface area contributed by atoms with Gasteiger partial charge in [0.15, 0.2) is 0 Å². The van der Waals surface area contributed by atoms with Gasteiger partial charge in [0.05, 0.1) is 12.1 Å². The van der Waals surface area contributed by atoms with Crippen molar-refractivity contribution in [2.45, 2.75) is 44.9 Å². The van der Waals surface area contributed by atoms with E-state index in [0.717, 1.165) is 6.42 Å². The smallest absolute Gasteiger partial charge is 0.237 e. The normalized spacial score (nSPS) is 24.2. The van der Waals surface area contributed by atoms with Gasteiger partial charge in [-0.25, -0.2) is 0 Å². The second-order valence-corrected chi connectivity index (χ2v) is 5.39. The van der Waals surface area contributed by atoms with Gasteiger partial charge < -0.3 is 15.7 Å². The van der Waals surface area contributed by atoms with Gasteiger partial charge in [0, 0.05) is 12.6 Å². The maximum atomic E-state index is 12.0. The molecule has 4 heteroatoms. The van der Waals surface area contributed by atoms with Crippen LogP contribution in [0, 0.1) is 6.92 Å². The van der Waals surface area contributed by atoms with E-state index in [1.165, 1.54) is 11.1 Å². The molecule has 1 saturated heterocycles. The van der Waals surface area contributed by atoms with Crippen LogP contribution in [-0.2, 0) is 11.2 Å². The molecule has 19 heavy (non-hydrogen) atoms. The number of benzene rings is 1. The summed E-state index contributed by atoms with van der Waals surface area (Å²) in [6.45, 7) is 4.60. The van der Waals surface area contributed by atoms with E-state index in [-0.39, 0.29) is 18.0 Å². The standard InChI is InChI=1S/C15H22N2O2/c1-10-5-3-4-6-12(10)7-11(2)17-15(19)14-8-13(18)9-16-14/h3-6,11,13-14,16,18H,7-9H2,1-2H3,(H,17,19)/t11-,13-,14+/m0/s1. The van der Waals surface area contributed by atoms with Crippen molar-refractivity contribution in [2.24, 2.45) is 0 Å². The number of aliphatic hydroxyl groups excluding tert-OH is 1. The number of hydrogen-bond acceptors (Lipinski definition) is 3. The van der Waals surface area contributed by atoms with E-state index >= 15 is 0 Å². The van der Waals surface area contributed by atoms with Crippen molar-refractivity contribution in [3.05, 3.63) is 35.4 Å². The molecule has 0 spiro atoms. The lowest BCUT2D eigenvalue weighted by molar-refractivity contribution is -0.123. The first kappa shape index (κ1) is 14.0. The molecule has 0 radical (unpaired) electrons. The molecule has 1 aliphatic rings. The Labute approximate surface area is 114 Å². The Hall–Kier alpha value is -1.39. The number of nitrogens with one attached hydrogen (secondary N) is 2. The third kappa shape index (κ3) is 3.78. The number of rotatable bonds is 4. The van der Waals surface area contributed by atoms with Crippen molar-refractivity contribution in [2.75, 3.05) is 6.54 Å². The number of hydrogen-bond donors (Lipinski definition) is 3. The Morgan fingerprint density at radius 2 is 2.26 bits per heavy atom. The largest absolute Gasteiger partial charge is 0.392 e. The van der Waals surface area contributed by atoms with Crippen LogP contribution in [0.15, 0.2) is 24.3 Å². The molecule has 2 rings (SSSR count). The van der Waals surface area contributed by atoms with Crippen molar-refractivity contribution in [1.29, 1.82) is 0 Å². The highest BCUT2D eigenvalue weighted by Gasteiger charge is 2.28. The average Bonchev–Trinajstić information content (AvgIpc) is 2.79. The van der Waals surface area contributed by atoms with Crippen LogP contribution in [0.4, 0.5) is 0 Å². The molecule has 0 saturated carbocycles. The SMILES string of the molecule is Cc1ccccc1C[C@H](C)NC(=O)[C@H]1C[C@H](O)CN1. The lowest BCUT2D eigenvalue weighted by Crippen LogP contribution is -2.44. The molecule has 1 amide bonds. The quantitative estimate of drug-likeness (QED) is 0.751. The molecule has 4 nitrogen and oxygen atoms in total. The van der Waals surface area contributed by atoms with Gasteiger partial charge in [-0.05, 0) is 37.8 Å². The first-order chi connectivity index (χ1) is 9.06. The highest BCUT2D eigenvalue weighted by atomic mass is 16.3. The molecular weight excluding hydrogens is 240 g/mol. The summed E-state index contributed by atoms with van der Waals surface area (Å²) in [6, 6.07) is 8.05. The van der Waals surface area contributed by atoms with Gasteiger partial charge >= 0.3 is 0 Å². The highest BCUT2D eigenvalue weighted by Crippen LogP contribution is 2.11. The Morgan fingerprint density at radius 1 is 1.53 bits per heavy atom. The first-order valence-corrected chi connectivity index (χ1v) is 6.82. The molecule has 0 unspecified atom stereocenters. The van der Waals surface area contributed by atoms with Gasteiger partial charge in [-0.15, -0.1) is 0 Å². The van der Waals surface area contributed by atoms with Crippen LogP contribution in [0.25, 0.3) is 0 Å². The monoisotopic (exact) mass is 262 g/mol. The van der Waals surface area contributed by atoms with Crippen molar-refractivity contribution >= 4 is 5.91 Å². The number of aryl methyl sites for hydroxylation is 1. The predicted octanol–water partition coefficient (Wildman–Crippen LogP) is 0.765. The summed E-state index contributed by atoms with van der Waals surface area (Å²) in [4.78, 5) is 12.0. The average molecular weight is 262 g/mol. The maximum absolute atomic E-state index is 12.0. The van der Waals surface area contributed by atoms with Crippen LogP contribution in [0.1, 0.15) is 24.5 Å². The topological polar surface area (TPSA) is 61.4 Å². The highest BCUT2D eigenvalue weighted by molar-refractivity contribution is 5.82. The summed E-state index contributed by atoms with van der Waals surface area (Å²) in [5.41, 5.74) is 2.51. The maximum Gasteiger partial charge on any atom is 0.237 e. The van der Waals surface area contributed by atoms with Crippen molar-refractivity contribution in [3.8, 4) is 0 Å². The molecule has 0 aliphatic carbocycles. The number of amides is 1. The lowest BCUT2D eigenvalue weighted by Gasteiger charge is -2.18. The fourth-order valence-electron chi connectivity index (χ4n) is 2.48. The van der Waals surface area contributed by atoms with Gasteiger partial charge in [0.1, 0.15) is 0 Å². The summed E-state index contributed by atoms with van der Waals surface area (Å²) in [5, 5.41) is 15.4. The molecule has 3 N–H and O–H groups in total. The number of carbonyl (C=O) groups is 1. The second kappa shape index (κ2) is 6.17. The van der Waals surface area contributed by atoms with E-state index in [9.17, 15) is 9.90 Å². The molecule has 3 atom stereocenters. The van der Waals surface area contributed by atoms with Crippen LogP contribution in [0.3, 0.4) is 0 Å². The number of carbonyl (C=O) groups excluding carboxylic acids is 1. The van der Waals surface area contributed by atoms with E-state index in [0.29, 0.717) is 13.0 Å². The number of β-amino-alcohol motifs (C(OH)–C–C–N with tert-alkyl or cyclic N) is 1. The van der Waals surface area contributed by atoms with Crippen LogP contribution in [0.5, 0.6) is 0 Å². The fourth-order valence-corrected chi connectivity index (χ4v) is 2.48. The zero-order chi connectivity index (χ0) is 13.8. The second-order valence-electron chi connectivity index (χ2n) is 5.39.